The largest absolute Gasteiger partial charge is 0.357 e. The highest BCUT2D eigenvalue weighted by molar-refractivity contribution is 5.50. The van der Waals surface area contributed by atoms with Crippen LogP contribution in [0, 0.1) is 6.92 Å². The molecular formula is C15H25N5. The molecule has 5 heteroatoms. The molecule has 0 amide bonds. The Kier molecular flexibility index (Phi) is 3.78. The second-order valence-corrected chi connectivity index (χ2v) is 6.10. The first-order valence-electron chi connectivity index (χ1n) is 7.71. The molecule has 1 aromatic heterocycles. The van der Waals surface area contributed by atoms with Crippen LogP contribution in [0.2, 0.25) is 0 Å². The number of aryl methyl sites for hydroxylation is 1. The van der Waals surface area contributed by atoms with Gasteiger partial charge in [-0.2, -0.15) is 4.98 Å². The predicted octanol–water partition coefficient (Wildman–Crippen LogP) is 1.89. The van der Waals surface area contributed by atoms with E-state index in [-0.39, 0.29) is 0 Å². The summed E-state index contributed by atoms with van der Waals surface area (Å²) in [5, 5.41) is 3.05. The van der Waals surface area contributed by atoms with Crippen molar-refractivity contribution in [2.24, 2.45) is 0 Å². The molecule has 2 atom stereocenters. The van der Waals surface area contributed by atoms with E-state index in [1.807, 2.05) is 13.2 Å². The van der Waals surface area contributed by atoms with E-state index in [9.17, 15) is 0 Å². The standard InChI is InChI=1S/C15H25N5/c1-11-8-17-15(16-3)18-14(11)20-10-13-6-4-5-7-19(13)9-12(20)2/h8,12-13H,4-7,9-10H2,1-3H3,(H,16,17,18). The Morgan fingerprint density at radius 2 is 2.15 bits per heavy atom. The summed E-state index contributed by atoms with van der Waals surface area (Å²) < 4.78 is 0. The fourth-order valence-electron chi connectivity index (χ4n) is 3.49. The fourth-order valence-corrected chi connectivity index (χ4v) is 3.49. The van der Waals surface area contributed by atoms with Crippen molar-refractivity contribution in [3.05, 3.63) is 11.8 Å². The Hall–Kier alpha value is -1.36. The van der Waals surface area contributed by atoms with Gasteiger partial charge in [-0.05, 0) is 33.2 Å². The van der Waals surface area contributed by atoms with E-state index >= 15 is 0 Å². The average molecular weight is 275 g/mol. The molecule has 0 aliphatic carbocycles. The van der Waals surface area contributed by atoms with Crippen molar-refractivity contribution in [3.63, 3.8) is 0 Å². The van der Waals surface area contributed by atoms with Gasteiger partial charge in [-0.1, -0.05) is 6.42 Å². The van der Waals surface area contributed by atoms with Crippen molar-refractivity contribution in [2.75, 3.05) is 36.9 Å². The van der Waals surface area contributed by atoms with Crippen molar-refractivity contribution in [3.8, 4) is 0 Å². The van der Waals surface area contributed by atoms with Crippen molar-refractivity contribution >= 4 is 11.8 Å². The van der Waals surface area contributed by atoms with Crippen LogP contribution < -0.4 is 10.2 Å². The molecule has 0 saturated carbocycles. The molecule has 2 fully saturated rings. The smallest absolute Gasteiger partial charge is 0.224 e. The first kappa shape index (κ1) is 13.6. The summed E-state index contributed by atoms with van der Waals surface area (Å²) in [6.45, 7) is 7.94. The van der Waals surface area contributed by atoms with E-state index in [0.717, 1.165) is 18.9 Å². The third-order valence-corrected chi connectivity index (χ3v) is 4.63. The Morgan fingerprint density at radius 1 is 1.30 bits per heavy atom. The number of aromatic nitrogens is 2. The minimum atomic E-state index is 0.516. The molecule has 2 saturated heterocycles. The number of anilines is 2. The summed E-state index contributed by atoms with van der Waals surface area (Å²) >= 11 is 0. The van der Waals surface area contributed by atoms with Crippen LogP contribution in [0.15, 0.2) is 6.20 Å². The van der Waals surface area contributed by atoms with E-state index in [1.165, 1.54) is 31.4 Å². The Bertz CT molecular complexity index is 475. The van der Waals surface area contributed by atoms with Crippen molar-refractivity contribution in [1.82, 2.24) is 14.9 Å². The van der Waals surface area contributed by atoms with Crippen LogP contribution in [0.5, 0.6) is 0 Å². The predicted molar refractivity (Wildman–Crippen MR) is 82.3 cm³/mol. The number of nitrogens with zero attached hydrogens (tertiary/aromatic N) is 4. The first-order valence-corrected chi connectivity index (χ1v) is 7.71. The third-order valence-electron chi connectivity index (χ3n) is 4.63. The van der Waals surface area contributed by atoms with Crippen LogP contribution in [0.1, 0.15) is 31.7 Å². The quantitative estimate of drug-likeness (QED) is 0.893. The molecule has 0 aromatic carbocycles. The van der Waals surface area contributed by atoms with Crippen LogP contribution in [0.4, 0.5) is 11.8 Å². The minimum absolute atomic E-state index is 0.516. The van der Waals surface area contributed by atoms with Crippen LogP contribution in [0.3, 0.4) is 0 Å². The molecule has 3 rings (SSSR count). The van der Waals surface area contributed by atoms with Gasteiger partial charge in [0.2, 0.25) is 5.95 Å². The van der Waals surface area contributed by atoms with Gasteiger partial charge in [0.1, 0.15) is 5.82 Å². The second kappa shape index (κ2) is 5.56. The van der Waals surface area contributed by atoms with Gasteiger partial charge in [-0.25, -0.2) is 4.98 Å². The lowest BCUT2D eigenvalue weighted by Crippen LogP contribution is -2.59. The first-order chi connectivity index (χ1) is 9.69. The molecule has 0 bridgehead atoms. The topological polar surface area (TPSA) is 44.3 Å². The normalized spacial score (nSPS) is 27.2. The van der Waals surface area contributed by atoms with Gasteiger partial charge in [0.25, 0.3) is 0 Å². The molecule has 3 heterocycles. The number of piperidine rings is 1. The summed E-state index contributed by atoms with van der Waals surface area (Å²) in [5.41, 5.74) is 1.17. The lowest BCUT2D eigenvalue weighted by atomic mass is 9.97. The molecular weight excluding hydrogens is 250 g/mol. The van der Waals surface area contributed by atoms with E-state index < -0.39 is 0 Å². The molecule has 0 spiro atoms. The third kappa shape index (κ3) is 2.46. The summed E-state index contributed by atoms with van der Waals surface area (Å²) in [5.74, 6) is 1.81. The summed E-state index contributed by atoms with van der Waals surface area (Å²) in [6.07, 6.45) is 5.98. The van der Waals surface area contributed by atoms with Gasteiger partial charge in [0.15, 0.2) is 0 Å². The molecule has 0 radical (unpaired) electrons. The zero-order valence-corrected chi connectivity index (χ0v) is 12.8. The molecule has 2 aliphatic heterocycles. The Balaban J connectivity index is 1.85. The van der Waals surface area contributed by atoms with Gasteiger partial charge in [-0.3, -0.25) is 4.90 Å². The number of piperazine rings is 1. The molecule has 110 valence electrons. The zero-order chi connectivity index (χ0) is 14.1. The highest BCUT2D eigenvalue weighted by Crippen LogP contribution is 2.29. The van der Waals surface area contributed by atoms with Gasteiger partial charge >= 0.3 is 0 Å². The van der Waals surface area contributed by atoms with Crippen molar-refractivity contribution in [1.29, 1.82) is 0 Å². The molecule has 20 heavy (non-hydrogen) atoms. The number of rotatable bonds is 2. The van der Waals surface area contributed by atoms with Gasteiger partial charge in [0, 0.05) is 44.0 Å². The van der Waals surface area contributed by atoms with Crippen LogP contribution in [-0.2, 0) is 0 Å². The lowest BCUT2D eigenvalue weighted by Gasteiger charge is -2.48. The average Bonchev–Trinajstić information content (AvgIpc) is 2.47. The molecule has 1 aromatic rings. The fraction of sp³-hybridized carbons (Fsp3) is 0.733. The maximum absolute atomic E-state index is 4.69. The van der Waals surface area contributed by atoms with Gasteiger partial charge in [0.05, 0.1) is 0 Å². The number of fused-ring (bicyclic) bond motifs is 1. The lowest BCUT2D eigenvalue weighted by molar-refractivity contribution is 0.115. The Morgan fingerprint density at radius 3 is 2.95 bits per heavy atom. The van der Waals surface area contributed by atoms with E-state index in [0.29, 0.717) is 18.0 Å². The van der Waals surface area contributed by atoms with Crippen LogP contribution in [-0.4, -0.2) is 53.6 Å². The van der Waals surface area contributed by atoms with Crippen LogP contribution in [0.25, 0.3) is 0 Å². The van der Waals surface area contributed by atoms with Crippen molar-refractivity contribution in [2.45, 2.75) is 45.2 Å². The zero-order valence-electron chi connectivity index (χ0n) is 12.8. The van der Waals surface area contributed by atoms with Gasteiger partial charge in [-0.15, -0.1) is 0 Å². The minimum Gasteiger partial charge on any atom is -0.357 e. The number of nitrogens with one attached hydrogen (secondary N) is 1. The number of hydrogen-bond acceptors (Lipinski definition) is 5. The SMILES string of the molecule is CNc1ncc(C)c(N2CC3CCCCN3CC2C)n1. The molecule has 2 unspecified atom stereocenters. The maximum Gasteiger partial charge on any atom is 0.224 e. The highest BCUT2D eigenvalue weighted by atomic mass is 15.3. The van der Waals surface area contributed by atoms with Gasteiger partial charge < -0.3 is 10.2 Å². The van der Waals surface area contributed by atoms with E-state index in [2.05, 4.69) is 38.9 Å². The van der Waals surface area contributed by atoms with E-state index in [1.54, 1.807) is 0 Å². The number of hydrogen-bond donors (Lipinski definition) is 1. The highest BCUT2D eigenvalue weighted by Gasteiger charge is 2.34. The monoisotopic (exact) mass is 275 g/mol. The van der Waals surface area contributed by atoms with Crippen molar-refractivity contribution < 1.29 is 0 Å². The van der Waals surface area contributed by atoms with E-state index in [4.69, 9.17) is 0 Å². The molecule has 1 N–H and O–H groups in total. The van der Waals surface area contributed by atoms with Crippen LogP contribution >= 0.6 is 0 Å². The summed E-state index contributed by atoms with van der Waals surface area (Å²) in [6, 6.07) is 1.22. The summed E-state index contributed by atoms with van der Waals surface area (Å²) in [4.78, 5) is 14.1. The molecule has 2 aliphatic rings. The molecule has 5 nitrogen and oxygen atoms in total. The summed E-state index contributed by atoms with van der Waals surface area (Å²) in [7, 11) is 1.87. The Labute approximate surface area is 121 Å². The maximum atomic E-state index is 4.69. The second-order valence-electron chi connectivity index (χ2n) is 6.10.